The first kappa shape index (κ1) is 14.0. The van der Waals surface area contributed by atoms with Crippen molar-refractivity contribution in [2.75, 3.05) is 6.61 Å². The normalized spacial score (nSPS) is 12.1. The van der Waals surface area contributed by atoms with Gasteiger partial charge in [0.05, 0.1) is 23.8 Å². The Labute approximate surface area is 115 Å². The van der Waals surface area contributed by atoms with Gasteiger partial charge in [0.2, 0.25) is 0 Å². The first-order valence-electron chi connectivity index (χ1n) is 6.06. The summed E-state index contributed by atoms with van der Waals surface area (Å²) in [5.41, 5.74) is 6.71. The summed E-state index contributed by atoms with van der Waals surface area (Å²) in [7, 11) is 0. The number of carbonyl (C=O) groups excluding carboxylic acids is 1. The predicted octanol–water partition coefficient (Wildman–Crippen LogP) is 0.421. The van der Waals surface area contributed by atoms with Gasteiger partial charge in [-0.2, -0.15) is 10.4 Å². The van der Waals surface area contributed by atoms with E-state index >= 15 is 0 Å². The van der Waals surface area contributed by atoms with E-state index in [1.54, 1.807) is 25.1 Å². The lowest BCUT2D eigenvalue weighted by atomic mass is 10.1. The molecule has 7 heteroatoms. The van der Waals surface area contributed by atoms with Crippen molar-refractivity contribution >= 4 is 16.9 Å². The Bertz CT molecular complexity index is 685. The van der Waals surface area contributed by atoms with Crippen molar-refractivity contribution in [1.82, 2.24) is 9.78 Å². The monoisotopic (exact) mass is 274 g/mol. The molecule has 0 spiro atoms. The number of carbonyl (C=O) groups is 1. The van der Waals surface area contributed by atoms with E-state index in [0.717, 1.165) is 0 Å². The number of nitrogens with zero attached hydrogens (tertiary/aromatic N) is 3. The van der Waals surface area contributed by atoms with Crippen LogP contribution in [0.25, 0.3) is 10.9 Å². The van der Waals surface area contributed by atoms with Crippen LogP contribution in [0.3, 0.4) is 0 Å². The van der Waals surface area contributed by atoms with Crippen LogP contribution in [0.15, 0.2) is 18.2 Å². The smallest absolute Gasteiger partial charge is 0.327 e. The third-order valence-corrected chi connectivity index (χ3v) is 2.77. The zero-order valence-corrected chi connectivity index (χ0v) is 10.9. The van der Waals surface area contributed by atoms with Gasteiger partial charge in [0.1, 0.15) is 18.5 Å². The van der Waals surface area contributed by atoms with Gasteiger partial charge in [-0.05, 0) is 25.1 Å². The van der Waals surface area contributed by atoms with Gasteiger partial charge >= 0.3 is 5.97 Å². The molecule has 0 saturated carbocycles. The van der Waals surface area contributed by atoms with E-state index in [9.17, 15) is 9.90 Å². The lowest BCUT2D eigenvalue weighted by Crippen LogP contribution is -2.15. The molecule has 0 amide bonds. The number of hydrogen-bond acceptors (Lipinski definition) is 6. The Morgan fingerprint density at radius 2 is 2.40 bits per heavy atom. The van der Waals surface area contributed by atoms with E-state index in [1.165, 1.54) is 4.68 Å². The Morgan fingerprint density at radius 3 is 3.00 bits per heavy atom. The van der Waals surface area contributed by atoms with E-state index < -0.39 is 12.2 Å². The van der Waals surface area contributed by atoms with Gasteiger partial charge in [0.25, 0.3) is 0 Å². The summed E-state index contributed by atoms with van der Waals surface area (Å²) in [4.78, 5) is 11.5. The summed E-state index contributed by atoms with van der Waals surface area (Å²) in [6.07, 6.45) is -1.28. The molecule has 1 aromatic heterocycles. The number of nitriles is 1. The number of aromatic nitrogens is 2. The molecule has 0 bridgehead atoms. The lowest BCUT2D eigenvalue weighted by Gasteiger charge is -2.03. The summed E-state index contributed by atoms with van der Waals surface area (Å²) in [5, 5.41) is 23.1. The number of aliphatic hydroxyl groups excluding tert-OH is 1. The van der Waals surface area contributed by atoms with Crippen molar-refractivity contribution in [2.24, 2.45) is 5.73 Å². The van der Waals surface area contributed by atoms with Gasteiger partial charge in [0.15, 0.2) is 0 Å². The van der Waals surface area contributed by atoms with E-state index in [2.05, 4.69) is 5.10 Å². The highest BCUT2D eigenvalue weighted by molar-refractivity contribution is 5.85. The topological polar surface area (TPSA) is 114 Å². The average Bonchev–Trinajstić information content (AvgIpc) is 2.77. The molecule has 1 atom stereocenters. The van der Waals surface area contributed by atoms with Crippen LogP contribution in [-0.4, -0.2) is 27.5 Å². The highest BCUT2D eigenvalue weighted by Crippen LogP contribution is 2.23. The third-order valence-electron chi connectivity index (χ3n) is 2.77. The van der Waals surface area contributed by atoms with Crippen LogP contribution in [-0.2, 0) is 16.1 Å². The molecule has 2 rings (SSSR count). The molecule has 0 aliphatic carbocycles. The molecule has 7 nitrogen and oxygen atoms in total. The predicted molar refractivity (Wildman–Crippen MR) is 70.2 cm³/mol. The van der Waals surface area contributed by atoms with Crippen molar-refractivity contribution in [2.45, 2.75) is 19.7 Å². The summed E-state index contributed by atoms with van der Waals surface area (Å²) < 4.78 is 6.27. The number of ether oxygens (including phenoxy) is 1. The fraction of sp³-hybridized carbons (Fsp3) is 0.308. The number of aliphatic hydroxyl groups is 1. The quantitative estimate of drug-likeness (QED) is 0.617. The van der Waals surface area contributed by atoms with Crippen LogP contribution in [0.1, 0.15) is 24.4 Å². The second-order valence-corrected chi connectivity index (χ2v) is 4.14. The number of rotatable bonds is 4. The number of fused-ring (bicyclic) bond motifs is 1. The summed E-state index contributed by atoms with van der Waals surface area (Å²) in [5.74, 6) is -0.431. The van der Waals surface area contributed by atoms with Crippen LogP contribution < -0.4 is 5.73 Å². The van der Waals surface area contributed by atoms with Gasteiger partial charge in [-0.1, -0.05) is 0 Å². The summed E-state index contributed by atoms with van der Waals surface area (Å²) >= 11 is 0. The van der Waals surface area contributed by atoms with Crippen molar-refractivity contribution < 1.29 is 14.6 Å². The van der Waals surface area contributed by atoms with Crippen molar-refractivity contribution in [1.29, 1.82) is 5.26 Å². The zero-order valence-electron chi connectivity index (χ0n) is 10.9. The first-order valence-corrected chi connectivity index (χ1v) is 6.06. The van der Waals surface area contributed by atoms with Crippen LogP contribution in [0.2, 0.25) is 0 Å². The third kappa shape index (κ3) is 2.61. The summed E-state index contributed by atoms with van der Waals surface area (Å²) in [6.45, 7) is 1.92. The molecule has 0 fully saturated rings. The average molecular weight is 274 g/mol. The van der Waals surface area contributed by atoms with Crippen molar-refractivity contribution in [3.8, 4) is 6.07 Å². The van der Waals surface area contributed by atoms with E-state index in [4.69, 9.17) is 15.7 Å². The Kier molecular flexibility index (Phi) is 3.98. The lowest BCUT2D eigenvalue weighted by molar-refractivity contribution is -0.143. The van der Waals surface area contributed by atoms with Gasteiger partial charge in [-0.25, -0.2) is 0 Å². The van der Waals surface area contributed by atoms with Crippen LogP contribution >= 0.6 is 0 Å². The number of hydrogen-bond donors (Lipinski definition) is 2. The fourth-order valence-electron chi connectivity index (χ4n) is 1.94. The maximum Gasteiger partial charge on any atom is 0.327 e. The zero-order chi connectivity index (χ0) is 14.7. The van der Waals surface area contributed by atoms with Gasteiger partial charge < -0.3 is 15.6 Å². The minimum Gasteiger partial charge on any atom is -0.465 e. The fourth-order valence-corrected chi connectivity index (χ4v) is 1.94. The first-order chi connectivity index (χ1) is 9.56. The highest BCUT2D eigenvalue weighted by Gasteiger charge is 2.17. The minimum atomic E-state index is -1.28. The molecule has 1 aromatic carbocycles. The van der Waals surface area contributed by atoms with Crippen molar-refractivity contribution in [3.05, 3.63) is 29.5 Å². The number of benzene rings is 1. The van der Waals surface area contributed by atoms with Gasteiger partial charge in [-0.15, -0.1) is 0 Å². The van der Waals surface area contributed by atoms with Crippen LogP contribution in [0.4, 0.5) is 0 Å². The Hall–Kier alpha value is -2.43. The maximum atomic E-state index is 11.5. The molecule has 104 valence electrons. The SMILES string of the molecule is CCOC(=O)Cn1nc(C(N)O)c2cc(C#N)ccc21. The molecule has 0 aliphatic heterocycles. The standard InChI is InChI=1S/C13H14N4O3/c1-2-20-11(18)7-17-10-4-3-8(6-14)5-9(10)12(16-17)13(15)19/h3-5,13,19H,2,7,15H2,1H3. The largest absolute Gasteiger partial charge is 0.465 e. The van der Waals surface area contributed by atoms with E-state index in [1.807, 2.05) is 6.07 Å². The molecule has 0 radical (unpaired) electrons. The Balaban J connectivity index is 2.51. The molecule has 20 heavy (non-hydrogen) atoms. The van der Waals surface area contributed by atoms with Crippen molar-refractivity contribution in [3.63, 3.8) is 0 Å². The van der Waals surface area contributed by atoms with Gasteiger partial charge in [0, 0.05) is 5.39 Å². The minimum absolute atomic E-state index is 0.0804. The molecule has 1 heterocycles. The maximum absolute atomic E-state index is 11.5. The molecule has 0 saturated heterocycles. The molecule has 3 N–H and O–H groups in total. The molecular formula is C13H14N4O3. The highest BCUT2D eigenvalue weighted by atomic mass is 16.5. The Morgan fingerprint density at radius 1 is 1.65 bits per heavy atom. The number of esters is 1. The second-order valence-electron chi connectivity index (χ2n) is 4.14. The molecule has 1 unspecified atom stereocenters. The van der Waals surface area contributed by atoms with Crippen LogP contribution in [0, 0.1) is 11.3 Å². The van der Waals surface area contributed by atoms with Crippen LogP contribution in [0.5, 0.6) is 0 Å². The number of nitrogens with two attached hydrogens (primary N) is 1. The molecular weight excluding hydrogens is 260 g/mol. The van der Waals surface area contributed by atoms with E-state index in [-0.39, 0.29) is 18.8 Å². The van der Waals surface area contributed by atoms with Gasteiger partial charge in [-0.3, -0.25) is 9.48 Å². The van der Waals surface area contributed by atoms with E-state index in [0.29, 0.717) is 16.5 Å². The summed E-state index contributed by atoms with van der Waals surface area (Å²) in [6, 6.07) is 6.85. The molecule has 2 aromatic rings. The molecule has 0 aliphatic rings. The second kappa shape index (κ2) is 5.69.